The van der Waals surface area contributed by atoms with Gasteiger partial charge in [0.2, 0.25) is 5.91 Å². The summed E-state index contributed by atoms with van der Waals surface area (Å²) in [6, 6.07) is -0.285. The van der Waals surface area contributed by atoms with Crippen LogP contribution >= 0.6 is 11.3 Å². The molecule has 3 amide bonds. The van der Waals surface area contributed by atoms with Crippen LogP contribution in [0.2, 0.25) is 0 Å². The SMILES string of the molecule is CNC(=O)C1CCCCC1NC(=O)NCC(C)c1nc(C)cs1. The number of amides is 3. The third kappa shape index (κ3) is 4.92. The van der Waals surface area contributed by atoms with Gasteiger partial charge in [-0.2, -0.15) is 0 Å². The lowest BCUT2D eigenvalue weighted by Crippen LogP contribution is -2.51. The van der Waals surface area contributed by atoms with Crippen molar-refractivity contribution >= 4 is 23.3 Å². The monoisotopic (exact) mass is 338 g/mol. The van der Waals surface area contributed by atoms with E-state index in [4.69, 9.17) is 0 Å². The van der Waals surface area contributed by atoms with Gasteiger partial charge >= 0.3 is 6.03 Å². The first kappa shape index (κ1) is 17.7. The van der Waals surface area contributed by atoms with Crippen LogP contribution in [-0.2, 0) is 4.79 Å². The Balaban J connectivity index is 1.82. The van der Waals surface area contributed by atoms with Crippen LogP contribution in [0.25, 0.3) is 0 Å². The molecule has 2 rings (SSSR count). The molecule has 0 bridgehead atoms. The second kappa shape index (κ2) is 8.29. The summed E-state index contributed by atoms with van der Waals surface area (Å²) >= 11 is 1.62. The summed E-state index contributed by atoms with van der Waals surface area (Å²) in [5.41, 5.74) is 1.01. The summed E-state index contributed by atoms with van der Waals surface area (Å²) in [5, 5.41) is 11.6. The Kier molecular flexibility index (Phi) is 6.38. The van der Waals surface area contributed by atoms with Crippen molar-refractivity contribution in [3.8, 4) is 0 Å². The zero-order valence-electron chi connectivity index (χ0n) is 14.0. The van der Waals surface area contributed by atoms with Crippen LogP contribution in [0.15, 0.2) is 5.38 Å². The lowest BCUT2D eigenvalue weighted by atomic mass is 9.84. The highest BCUT2D eigenvalue weighted by atomic mass is 32.1. The Labute approximate surface area is 141 Å². The average molecular weight is 338 g/mol. The van der Waals surface area contributed by atoms with E-state index in [9.17, 15) is 9.59 Å². The number of hydrogen-bond acceptors (Lipinski definition) is 4. The van der Waals surface area contributed by atoms with E-state index in [1.807, 2.05) is 19.2 Å². The van der Waals surface area contributed by atoms with Gasteiger partial charge in [0.1, 0.15) is 0 Å². The standard InChI is InChI=1S/C16H26N4O2S/c1-10(15-19-11(2)9-23-15)8-18-16(22)20-13-7-5-4-6-12(13)14(21)17-3/h9-10,12-13H,4-8H2,1-3H3,(H,17,21)(H2,18,20,22). The molecule has 1 aromatic rings. The number of aryl methyl sites for hydroxylation is 1. The van der Waals surface area contributed by atoms with Crippen LogP contribution in [0.1, 0.15) is 49.2 Å². The smallest absolute Gasteiger partial charge is 0.315 e. The highest BCUT2D eigenvalue weighted by Gasteiger charge is 2.31. The normalized spacial score (nSPS) is 22.2. The van der Waals surface area contributed by atoms with E-state index < -0.39 is 0 Å². The summed E-state index contributed by atoms with van der Waals surface area (Å²) in [4.78, 5) is 28.5. The summed E-state index contributed by atoms with van der Waals surface area (Å²) in [6.45, 7) is 4.55. The number of hydrogen-bond donors (Lipinski definition) is 3. The minimum absolute atomic E-state index is 0.0154. The molecule has 23 heavy (non-hydrogen) atoms. The van der Waals surface area contributed by atoms with Crippen molar-refractivity contribution in [1.29, 1.82) is 0 Å². The van der Waals surface area contributed by atoms with E-state index in [1.165, 1.54) is 0 Å². The van der Waals surface area contributed by atoms with Crippen molar-refractivity contribution in [1.82, 2.24) is 20.9 Å². The summed E-state index contributed by atoms with van der Waals surface area (Å²) < 4.78 is 0. The van der Waals surface area contributed by atoms with Crippen LogP contribution in [-0.4, -0.2) is 36.6 Å². The molecule has 1 aliphatic rings. The fourth-order valence-corrected chi connectivity index (χ4v) is 3.81. The quantitative estimate of drug-likeness (QED) is 0.769. The molecule has 3 unspecified atom stereocenters. The second-order valence-electron chi connectivity index (χ2n) is 6.19. The first-order chi connectivity index (χ1) is 11.0. The Bertz CT molecular complexity index is 546. The largest absolute Gasteiger partial charge is 0.359 e. The lowest BCUT2D eigenvalue weighted by molar-refractivity contribution is -0.126. The molecule has 1 saturated carbocycles. The van der Waals surface area contributed by atoms with Crippen molar-refractivity contribution in [2.45, 2.75) is 51.5 Å². The van der Waals surface area contributed by atoms with E-state index in [0.29, 0.717) is 6.54 Å². The number of carbonyl (C=O) groups is 2. The Hall–Kier alpha value is -1.63. The van der Waals surface area contributed by atoms with Gasteiger partial charge in [0, 0.05) is 36.6 Å². The molecular weight excluding hydrogens is 312 g/mol. The van der Waals surface area contributed by atoms with E-state index in [2.05, 4.69) is 20.9 Å². The highest BCUT2D eigenvalue weighted by molar-refractivity contribution is 7.09. The van der Waals surface area contributed by atoms with Crippen LogP contribution in [0.5, 0.6) is 0 Å². The summed E-state index contributed by atoms with van der Waals surface area (Å²) in [6.07, 6.45) is 3.78. The third-order valence-corrected chi connectivity index (χ3v) is 5.49. The number of nitrogens with zero attached hydrogens (tertiary/aromatic N) is 1. The van der Waals surface area contributed by atoms with Crippen LogP contribution in [0.4, 0.5) is 4.79 Å². The molecule has 128 valence electrons. The third-order valence-electron chi connectivity index (χ3n) is 4.29. The Morgan fingerprint density at radius 1 is 1.39 bits per heavy atom. The van der Waals surface area contributed by atoms with Gasteiger partial charge in [-0.15, -0.1) is 11.3 Å². The molecule has 1 fully saturated rings. The summed E-state index contributed by atoms with van der Waals surface area (Å²) in [5.74, 6) is 0.0701. The van der Waals surface area contributed by atoms with Gasteiger partial charge in [0.25, 0.3) is 0 Å². The molecule has 1 aliphatic carbocycles. The van der Waals surface area contributed by atoms with E-state index in [0.717, 1.165) is 36.4 Å². The Morgan fingerprint density at radius 2 is 2.13 bits per heavy atom. The number of aromatic nitrogens is 1. The highest BCUT2D eigenvalue weighted by Crippen LogP contribution is 2.24. The predicted molar refractivity (Wildman–Crippen MR) is 91.6 cm³/mol. The molecule has 0 aliphatic heterocycles. The average Bonchev–Trinajstić information content (AvgIpc) is 2.99. The number of thiazole rings is 1. The van der Waals surface area contributed by atoms with E-state index in [-0.39, 0.29) is 29.8 Å². The Morgan fingerprint density at radius 3 is 2.78 bits per heavy atom. The van der Waals surface area contributed by atoms with Crippen LogP contribution in [0.3, 0.4) is 0 Å². The van der Waals surface area contributed by atoms with E-state index in [1.54, 1.807) is 18.4 Å². The fraction of sp³-hybridized carbons (Fsp3) is 0.688. The predicted octanol–water partition coefficient (Wildman–Crippen LogP) is 2.16. The van der Waals surface area contributed by atoms with Crippen molar-refractivity contribution in [2.24, 2.45) is 5.92 Å². The lowest BCUT2D eigenvalue weighted by Gasteiger charge is -2.31. The zero-order chi connectivity index (χ0) is 16.8. The van der Waals surface area contributed by atoms with Crippen LogP contribution < -0.4 is 16.0 Å². The molecule has 1 aromatic heterocycles. The van der Waals surface area contributed by atoms with Gasteiger partial charge in [-0.1, -0.05) is 19.8 Å². The maximum absolute atomic E-state index is 12.1. The molecule has 7 heteroatoms. The molecule has 0 radical (unpaired) electrons. The molecule has 1 heterocycles. The van der Waals surface area contributed by atoms with Gasteiger partial charge in [-0.05, 0) is 19.8 Å². The molecule has 0 saturated heterocycles. The molecule has 6 nitrogen and oxygen atoms in total. The van der Waals surface area contributed by atoms with E-state index >= 15 is 0 Å². The van der Waals surface area contributed by atoms with Gasteiger partial charge < -0.3 is 16.0 Å². The minimum atomic E-state index is -0.203. The van der Waals surface area contributed by atoms with Crippen molar-refractivity contribution < 1.29 is 9.59 Å². The van der Waals surface area contributed by atoms with Gasteiger partial charge in [-0.25, -0.2) is 9.78 Å². The topological polar surface area (TPSA) is 83.1 Å². The first-order valence-corrected chi connectivity index (χ1v) is 9.07. The molecule has 0 aromatic carbocycles. The number of nitrogens with one attached hydrogen (secondary N) is 3. The van der Waals surface area contributed by atoms with Gasteiger partial charge in [0.15, 0.2) is 0 Å². The van der Waals surface area contributed by atoms with Gasteiger partial charge in [0.05, 0.1) is 10.9 Å². The number of carbonyl (C=O) groups excluding carboxylic acids is 2. The molecule has 3 N–H and O–H groups in total. The maximum atomic E-state index is 12.1. The van der Waals surface area contributed by atoms with Crippen molar-refractivity contribution in [3.63, 3.8) is 0 Å². The maximum Gasteiger partial charge on any atom is 0.315 e. The second-order valence-corrected chi connectivity index (χ2v) is 7.08. The number of urea groups is 1. The minimum Gasteiger partial charge on any atom is -0.359 e. The van der Waals surface area contributed by atoms with Crippen molar-refractivity contribution in [2.75, 3.05) is 13.6 Å². The van der Waals surface area contributed by atoms with Gasteiger partial charge in [-0.3, -0.25) is 4.79 Å². The molecular formula is C16H26N4O2S. The summed E-state index contributed by atoms with van der Waals surface area (Å²) in [7, 11) is 1.64. The first-order valence-electron chi connectivity index (χ1n) is 8.19. The van der Waals surface area contributed by atoms with Crippen molar-refractivity contribution in [3.05, 3.63) is 16.1 Å². The molecule has 0 spiro atoms. The zero-order valence-corrected chi connectivity index (χ0v) is 14.8. The fourth-order valence-electron chi connectivity index (χ4n) is 2.95. The van der Waals surface area contributed by atoms with Crippen LogP contribution in [0, 0.1) is 12.8 Å². The molecule has 3 atom stereocenters. The number of rotatable bonds is 5.